The Hall–Kier alpha value is -2.15. The van der Waals surface area contributed by atoms with Crippen LogP contribution in [0.5, 0.6) is 0 Å². The van der Waals surface area contributed by atoms with Crippen molar-refractivity contribution in [2.45, 2.75) is 11.3 Å². The summed E-state index contributed by atoms with van der Waals surface area (Å²) in [6.07, 6.45) is 2.37. The van der Waals surface area contributed by atoms with Gasteiger partial charge in [-0.15, -0.1) is 11.3 Å². The third-order valence-corrected chi connectivity index (χ3v) is 6.91. The van der Waals surface area contributed by atoms with E-state index in [0.29, 0.717) is 17.9 Å². The average molecular weight is 356 g/mol. The summed E-state index contributed by atoms with van der Waals surface area (Å²) in [4.78, 5) is 1.07. The highest BCUT2D eigenvalue weighted by Gasteiger charge is 2.23. The van der Waals surface area contributed by atoms with Gasteiger partial charge in [-0.25, -0.2) is 12.4 Å². The van der Waals surface area contributed by atoms with Crippen LogP contribution in [0, 0.1) is 0 Å². The second-order valence-corrected chi connectivity index (χ2v) is 8.29. The molecule has 0 bridgehead atoms. The van der Waals surface area contributed by atoms with Crippen molar-refractivity contribution >= 4 is 42.3 Å². The predicted octanol–water partition coefficient (Wildman–Crippen LogP) is 3.59. The van der Waals surface area contributed by atoms with Crippen LogP contribution in [0.25, 0.3) is 21.0 Å². The van der Waals surface area contributed by atoms with Gasteiger partial charge in [-0.1, -0.05) is 36.4 Å². The Kier molecular flexibility index (Phi) is 3.68. The molecule has 122 valence electrons. The minimum absolute atomic E-state index is 0.324. The number of rotatable bonds is 4. The molecule has 0 aliphatic heterocycles. The van der Waals surface area contributed by atoms with E-state index in [-0.39, 0.29) is 0 Å². The minimum Gasteiger partial charge on any atom is -0.330 e. The SMILES string of the molecule is NCCc1cn(S(=O)(=O)c2cccc3ccccc23)c2sccc12. The molecule has 0 unspecified atom stereocenters. The van der Waals surface area contributed by atoms with E-state index in [2.05, 4.69) is 0 Å². The first-order valence-corrected chi connectivity index (χ1v) is 9.96. The van der Waals surface area contributed by atoms with E-state index in [4.69, 9.17) is 5.73 Å². The van der Waals surface area contributed by atoms with Crippen molar-refractivity contribution in [2.75, 3.05) is 6.54 Å². The van der Waals surface area contributed by atoms with E-state index in [1.165, 1.54) is 15.3 Å². The van der Waals surface area contributed by atoms with Gasteiger partial charge in [-0.3, -0.25) is 0 Å². The maximum absolute atomic E-state index is 13.3. The lowest BCUT2D eigenvalue weighted by molar-refractivity contribution is 0.590. The lowest BCUT2D eigenvalue weighted by Crippen LogP contribution is -2.12. The Labute approximate surface area is 144 Å². The molecule has 2 N–H and O–H groups in total. The van der Waals surface area contributed by atoms with E-state index in [9.17, 15) is 8.42 Å². The molecule has 0 aliphatic rings. The molecule has 4 rings (SSSR count). The summed E-state index contributed by atoms with van der Waals surface area (Å²) in [7, 11) is -3.67. The van der Waals surface area contributed by atoms with Crippen molar-refractivity contribution < 1.29 is 8.42 Å². The molecule has 24 heavy (non-hydrogen) atoms. The molecule has 2 heterocycles. The Balaban J connectivity index is 2.00. The Morgan fingerprint density at radius 3 is 2.62 bits per heavy atom. The van der Waals surface area contributed by atoms with Gasteiger partial charge in [0.15, 0.2) is 0 Å². The molecule has 0 saturated carbocycles. The molecule has 0 saturated heterocycles. The monoisotopic (exact) mass is 356 g/mol. The fourth-order valence-corrected chi connectivity index (χ4v) is 5.79. The standard InChI is InChI=1S/C18H16N2O2S2/c19-10-8-14-12-20(18-16(14)9-11-23-18)24(21,22)17-7-3-5-13-4-1-2-6-15(13)17/h1-7,9,11-12H,8,10,19H2. The van der Waals surface area contributed by atoms with Crippen molar-refractivity contribution in [1.82, 2.24) is 3.97 Å². The fourth-order valence-electron chi connectivity index (χ4n) is 3.05. The van der Waals surface area contributed by atoms with Gasteiger partial charge in [-0.05, 0) is 41.4 Å². The zero-order chi connectivity index (χ0) is 16.7. The van der Waals surface area contributed by atoms with Crippen molar-refractivity contribution in [3.63, 3.8) is 0 Å². The topological polar surface area (TPSA) is 65.1 Å². The maximum Gasteiger partial charge on any atom is 0.269 e. The highest BCUT2D eigenvalue weighted by molar-refractivity contribution is 7.90. The first kappa shape index (κ1) is 15.4. The van der Waals surface area contributed by atoms with Crippen LogP contribution in [-0.4, -0.2) is 18.9 Å². The Bertz CT molecular complexity index is 1130. The smallest absolute Gasteiger partial charge is 0.269 e. The Morgan fingerprint density at radius 1 is 1.00 bits per heavy atom. The van der Waals surface area contributed by atoms with Crippen molar-refractivity contribution in [3.8, 4) is 0 Å². The van der Waals surface area contributed by atoms with Crippen LogP contribution in [0.2, 0.25) is 0 Å². The first-order valence-electron chi connectivity index (χ1n) is 7.64. The van der Waals surface area contributed by atoms with Gasteiger partial charge >= 0.3 is 0 Å². The first-order chi connectivity index (χ1) is 11.6. The molecule has 0 aliphatic carbocycles. The van der Waals surface area contributed by atoms with Gasteiger partial charge in [0.2, 0.25) is 0 Å². The largest absolute Gasteiger partial charge is 0.330 e. The zero-order valence-corrected chi connectivity index (χ0v) is 14.5. The van der Waals surface area contributed by atoms with Crippen molar-refractivity contribution in [1.29, 1.82) is 0 Å². The number of fused-ring (bicyclic) bond motifs is 2. The molecule has 0 fully saturated rings. The van der Waals surface area contributed by atoms with Gasteiger partial charge in [0.1, 0.15) is 4.83 Å². The second kappa shape index (κ2) is 5.73. The van der Waals surface area contributed by atoms with E-state index in [1.807, 2.05) is 41.8 Å². The summed E-state index contributed by atoms with van der Waals surface area (Å²) in [6, 6.07) is 14.9. The highest BCUT2D eigenvalue weighted by Crippen LogP contribution is 2.32. The van der Waals surface area contributed by atoms with Gasteiger partial charge < -0.3 is 5.73 Å². The molecular weight excluding hydrogens is 340 g/mol. The summed E-state index contributed by atoms with van der Waals surface area (Å²) in [5.74, 6) is 0. The van der Waals surface area contributed by atoms with Crippen LogP contribution in [0.3, 0.4) is 0 Å². The number of benzene rings is 2. The van der Waals surface area contributed by atoms with Gasteiger partial charge in [0.25, 0.3) is 10.0 Å². The number of hydrogen-bond acceptors (Lipinski definition) is 4. The van der Waals surface area contributed by atoms with Gasteiger partial charge in [-0.2, -0.15) is 0 Å². The number of aromatic nitrogens is 1. The summed E-state index contributed by atoms with van der Waals surface area (Å²) in [6.45, 7) is 0.489. The zero-order valence-electron chi connectivity index (χ0n) is 12.8. The van der Waals surface area contributed by atoms with Crippen LogP contribution in [0.4, 0.5) is 0 Å². The van der Waals surface area contributed by atoms with Crippen molar-refractivity contribution in [2.24, 2.45) is 5.73 Å². The highest BCUT2D eigenvalue weighted by atomic mass is 32.2. The molecule has 0 radical (unpaired) electrons. The molecular formula is C18H16N2O2S2. The third-order valence-electron chi connectivity index (χ3n) is 4.16. The van der Waals surface area contributed by atoms with Crippen LogP contribution in [0.15, 0.2) is 65.0 Å². The van der Waals surface area contributed by atoms with E-state index in [1.54, 1.807) is 18.3 Å². The van der Waals surface area contributed by atoms with E-state index in [0.717, 1.165) is 26.6 Å². The van der Waals surface area contributed by atoms with Crippen LogP contribution in [0.1, 0.15) is 5.56 Å². The molecule has 0 atom stereocenters. The minimum atomic E-state index is -3.67. The summed E-state index contributed by atoms with van der Waals surface area (Å²) >= 11 is 1.43. The average Bonchev–Trinajstić information content (AvgIpc) is 3.18. The summed E-state index contributed by atoms with van der Waals surface area (Å²) in [5, 5.41) is 4.53. The normalized spacial score (nSPS) is 12.2. The number of nitrogens with zero attached hydrogens (tertiary/aromatic N) is 1. The fraction of sp³-hybridized carbons (Fsp3) is 0.111. The predicted molar refractivity (Wildman–Crippen MR) is 99.1 cm³/mol. The number of hydrogen-bond donors (Lipinski definition) is 1. The van der Waals surface area contributed by atoms with Gasteiger partial charge in [0.05, 0.1) is 4.90 Å². The molecule has 2 aromatic carbocycles. The maximum atomic E-state index is 13.3. The van der Waals surface area contributed by atoms with E-state index >= 15 is 0 Å². The molecule has 4 aromatic rings. The second-order valence-electron chi connectivity index (χ2n) is 5.61. The molecule has 0 amide bonds. The van der Waals surface area contributed by atoms with E-state index < -0.39 is 10.0 Å². The van der Waals surface area contributed by atoms with Crippen LogP contribution in [-0.2, 0) is 16.4 Å². The summed E-state index contributed by atoms with van der Waals surface area (Å²) < 4.78 is 28.0. The van der Waals surface area contributed by atoms with Gasteiger partial charge in [0, 0.05) is 17.0 Å². The summed E-state index contributed by atoms with van der Waals surface area (Å²) in [5.41, 5.74) is 6.64. The molecule has 4 nitrogen and oxygen atoms in total. The Morgan fingerprint density at radius 2 is 1.79 bits per heavy atom. The number of thiophene rings is 1. The van der Waals surface area contributed by atoms with Crippen LogP contribution < -0.4 is 5.73 Å². The molecule has 0 spiro atoms. The molecule has 2 aromatic heterocycles. The van der Waals surface area contributed by atoms with Crippen molar-refractivity contribution in [3.05, 3.63) is 65.7 Å². The van der Waals surface area contributed by atoms with Crippen LogP contribution >= 0.6 is 11.3 Å². The number of nitrogens with two attached hydrogens (primary N) is 1. The quantitative estimate of drug-likeness (QED) is 0.608. The lowest BCUT2D eigenvalue weighted by atomic mass is 10.1. The molecule has 6 heteroatoms. The third kappa shape index (κ3) is 2.26. The lowest BCUT2D eigenvalue weighted by Gasteiger charge is -2.09.